The molecule has 1 fully saturated rings. The molecular weight excluding hydrogens is 336 g/mol. The Labute approximate surface area is 128 Å². The fourth-order valence-corrected chi connectivity index (χ4v) is 5.12. The summed E-state index contributed by atoms with van der Waals surface area (Å²) in [6.07, 6.45) is 1.86. The van der Waals surface area contributed by atoms with Crippen molar-refractivity contribution < 1.29 is 21.6 Å². The second-order valence-corrected chi connectivity index (χ2v) is 9.63. The van der Waals surface area contributed by atoms with Gasteiger partial charge in [0, 0.05) is 18.0 Å². The van der Waals surface area contributed by atoms with Gasteiger partial charge in [0.15, 0.2) is 0 Å². The number of ether oxygens (including phenoxy) is 1. The monoisotopic (exact) mass is 354 g/mol. The summed E-state index contributed by atoms with van der Waals surface area (Å²) in [4.78, 5) is 0.763. The van der Waals surface area contributed by atoms with E-state index in [1.807, 2.05) is 0 Å². The molecule has 0 aliphatic carbocycles. The molecule has 0 spiro atoms. The number of hydrogen-bond donors (Lipinski definition) is 2. The molecular formula is C11H18N2O5S3. The van der Waals surface area contributed by atoms with Crippen LogP contribution in [0.4, 0.5) is 0 Å². The van der Waals surface area contributed by atoms with Crippen molar-refractivity contribution in [1.82, 2.24) is 4.72 Å². The van der Waals surface area contributed by atoms with Crippen LogP contribution in [0.25, 0.3) is 0 Å². The molecule has 3 N–H and O–H groups in total. The Bertz CT molecular complexity index is 674. The lowest BCUT2D eigenvalue weighted by atomic mass is 10.3. The van der Waals surface area contributed by atoms with Crippen LogP contribution in [0.1, 0.15) is 17.7 Å². The van der Waals surface area contributed by atoms with Crippen LogP contribution >= 0.6 is 11.3 Å². The molecule has 0 amide bonds. The van der Waals surface area contributed by atoms with E-state index in [1.54, 1.807) is 6.07 Å². The van der Waals surface area contributed by atoms with E-state index in [9.17, 15) is 16.8 Å². The Kier molecular flexibility index (Phi) is 5.38. The van der Waals surface area contributed by atoms with Gasteiger partial charge in [-0.25, -0.2) is 26.7 Å². The zero-order valence-electron chi connectivity index (χ0n) is 11.3. The van der Waals surface area contributed by atoms with Gasteiger partial charge in [-0.1, -0.05) is 0 Å². The zero-order valence-corrected chi connectivity index (χ0v) is 13.8. The van der Waals surface area contributed by atoms with E-state index in [2.05, 4.69) is 4.72 Å². The molecule has 7 nitrogen and oxygen atoms in total. The minimum Gasteiger partial charge on any atom is -0.377 e. The maximum Gasteiger partial charge on any atom is 0.247 e. The average molecular weight is 354 g/mol. The van der Waals surface area contributed by atoms with Gasteiger partial charge in [0.25, 0.3) is 0 Å². The highest BCUT2D eigenvalue weighted by molar-refractivity contribution is 7.91. The summed E-state index contributed by atoms with van der Waals surface area (Å²) in [7, 11) is -7.06. The van der Waals surface area contributed by atoms with Gasteiger partial charge in [-0.3, -0.25) is 0 Å². The molecule has 10 heteroatoms. The third-order valence-electron chi connectivity index (χ3n) is 3.04. The van der Waals surface area contributed by atoms with Crippen LogP contribution < -0.4 is 9.86 Å². The molecule has 21 heavy (non-hydrogen) atoms. The highest BCUT2D eigenvalue weighted by Crippen LogP contribution is 2.20. The molecule has 120 valence electrons. The van der Waals surface area contributed by atoms with E-state index >= 15 is 0 Å². The minimum absolute atomic E-state index is 0.0279. The van der Waals surface area contributed by atoms with E-state index < -0.39 is 20.0 Å². The van der Waals surface area contributed by atoms with Gasteiger partial charge in [0.1, 0.15) is 4.21 Å². The predicted molar refractivity (Wildman–Crippen MR) is 80.2 cm³/mol. The van der Waals surface area contributed by atoms with Crippen LogP contribution in [0.3, 0.4) is 0 Å². The molecule has 1 aromatic rings. The largest absolute Gasteiger partial charge is 0.377 e. The summed E-state index contributed by atoms with van der Waals surface area (Å²) in [5.74, 6) is -0.0279. The van der Waals surface area contributed by atoms with Crippen molar-refractivity contribution >= 4 is 31.4 Å². The van der Waals surface area contributed by atoms with Crippen molar-refractivity contribution in [2.75, 3.05) is 18.9 Å². The molecule has 0 aromatic carbocycles. The van der Waals surface area contributed by atoms with Crippen molar-refractivity contribution in [3.05, 3.63) is 17.0 Å². The van der Waals surface area contributed by atoms with E-state index in [1.165, 1.54) is 6.07 Å². The molecule has 2 heterocycles. The van der Waals surface area contributed by atoms with Gasteiger partial charge in [-0.15, -0.1) is 11.3 Å². The summed E-state index contributed by atoms with van der Waals surface area (Å²) in [5, 5.41) is 5.02. The number of rotatable bonds is 7. The fourth-order valence-electron chi connectivity index (χ4n) is 2.05. The van der Waals surface area contributed by atoms with Crippen LogP contribution in [0.15, 0.2) is 16.3 Å². The van der Waals surface area contributed by atoms with Crippen molar-refractivity contribution in [2.24, 2.45) is 5.14 Å². The number of primary sulfonamides is 1. The van der Waals surface area contributed by atoms with Crippen LogP contribution in [-0.2, 0) is 31.2 Å². The van der Waals surface area contributed by atoms with Gasteiger partial charge in [-0.05, 0) is 31.4 Å². The van der Waals surface area contributed by atoms with Crippen molar-refractivity contribution in [2.45, 2.75) is 29.6 Å². The summed E-state index contributed by atoms with van der Waals surface area (Å²) in [6.45, 7) is 0.839. The van der Waals surface area contributed by atoms with Crippen LogP contribution in [0, 0.1) is 0 Å². The Hall–Kier alpha value is -0.520. The lowest BCUT2D eigenvalue weighted by Gasteiger charge is -2.10. The highest BCUT2D eigenvalue weighted by Gasteiger charge is 2.22. The fraction of sp³-hybridized carbons (Fsp3) is 0.636. The average Bonchev–Trinajstić information content (AvgIpc) is 2.98. The first-order valence-corrected chi connectivity index (χ1v) is 10.5. The third kappa shape index (κ3) is 5.31. The lowest BCUT2D eigenvalue weighted by molar-refractivity contribution is 0.127. The topological polar surface area (TPSA) is 116 Å². The molecule has 0 bridgehead atoms. The molecule has 1 unspecified atom stereocenters. The Morgan fingerprint density at radius 1 is 1.33 bits per heavy atom. The second-order valence-electron chi connectivity index (χ2n) is 4.83. The van der Waals surface area contributed by atoms with Crippen LogP contribution in [0.5, 0.6) is 0 Å². The van der Waals surface area contributed by atoms with Gasteiger partial charge >= 0.3 is 0 Å². The maximum atomic E-state index is 11.8. The number of hydrogen-bond acceptors (Lipinski definition) is 6. The number of sulfonamides is 2. The molecule has 2 rings (SSSR count). The second kappa shape index (κ2) is 6.71. The van der Waals surface area contributed by atoms with E-state index in [-0.39, 0.29) is 22.6 Å². The van der Waals surface area contributed by atoms with Crippen molar-refractivity contribution in [3.8, 4) is 0 Å². The normalized spacial score (nSPS) is 20.0. The van der Waals surface area contributed by atoms with Crippen molar-refractivity contribution in [3.63, 3.8) is 0 Å². The van der Waals surface area contributed by atoms with E-state index in [4.69, 9.17) is 9.88 Å². The van der Waals surface area contributed by atoms with Gasteiger partial charge < -0.3 is 4.74 Å². The van der Waals surface area contributed by atoms with Crippen molar-refractivity contribution in [1.29, 1.82) is 0 Å². The predicted octanol–water partition coefficient (Wildman–Crippen LogP) is 0.0364. The van der Waals surface area contributed by atoms with E-state index in [0.717, 1.165) is 29.1 Å². The molecule has 0 saturated carbocycles. The summed E-state index contributed by atoms with van der Waals surface area (Å²) in [6, 6.07) is 3.06. The molecule has 1 saturated heterocycles. The first-order chi connectivity index (χ1) is 9.76. The molecule has 0 radical (unpaired) electrons. The molecule has 1 atom stereocenters. The third-order valence-corrected chi connectivity index (χ3v) is 7.08. The van der Waals surface area contributed by atoms with Gasteiger partial charge in [0.05, 0.1) is 11.9 Å². The number of thiophene rings is 1. The van der Waals surface area contributed by atoms with Crippen LogP contribution in [0.2, 0.25) is 0 Å². The van der Waals surface area contributed by atoms with Gasteiger partial charge in [0.2, 0.25) is 20.0 Å². The zero-order chi connectivity index (χ0) is 15.5. The molecule has 1 aliphatic rings. The van der Waals surface area contributed by atoms with Gasteiger partial charge in [-0.2, -0.15) is 0 Å². The summed E-state index contributed by atoms with van der Waals surface area (Å²) in [5.41, 5.74) is 0. The Balaban J connectivity index is 1.82. The number of nitrogens with two attached hydrogens (primary N) is 1. The quantitative estimate of drug-likeness (QED) is 0.717. The summed E-state index contributed by atoms with van der Waals surface area (Å²) >= 11 is 1.05. The number of nitrogens with one attached hydrogen (secondary N) is 1. The highest BCUT2D eigenvalue weighted by atomic mass is 32.2. The first-order valence-electron chi connectivity index (χ1n) is 6.47. The summed E-state index contributed by atoms with van der Waals surface area (Å²) < 4.78 is 53.8. The smallest absolute Gasteiger partial charge is 0.247 e. The molecule has 1 aliphatic heterocycles. The Morgan fingerprint density at radius 2 is 2.10 bits per heavy atom. The van der Waals surface area contributed by atoms with E-state index in [0.29, 0.717) is 13.0 Å². The first kappa shape index (κ1) is 16.8. The SMILES string of the molecule is NS(=O)(=O)c1ccc(CCNS(=O)(=O)CC2CCCO2)s1. The minimum atomic E-state index is -3.69. The van der Waals surface area contributed by atoms with Crippen LogP contribution in [-0.4, -0.2) is 41.8 Å². The standard InChI is InChI=1S/C11H18N2O5S3/c12-21(16,17)11-4-3-10(19-11)5-6-13-20(14,15)8-9-2-1-7-18-9/h3-4,9,13H,1-2,5-8H2,(H2,12,16,17). The lowest BCUT2D eigenvalue weighted by Crippen LogP contribution is -2.33. The molecule has 1 aromatic heterocycles. The Morgan fingerprint density at radius 3 is 2.67 bits per heavy atom. The maximum absolute atomic E-state index is 11.8.